The van der Waals surface area contributed by atoms with Crippen LogP contribution in [0, 0.1) is 0 Å². The molecular weight excluding hydrogens is 290 g/mol. The van der Waals surface area contributed by atoms with E-state index < -0.39 is 0 Å². The third kappa shape index (κ3) is 4.03. The zero-order valence-electron chi connectivity index (χ0n) is 14.1. The smallest absolute Gasteiger partial charge is 0.139 e. The highest BCUT2D eigenvalue weighted by Gasteiger charge is 2.31. The molecule has 1 unspecified atom stereocenters. The van der Waals surface area contributed by atoms with E-state index in [0.717, 1.165) is 50.4 Å². The van der Waals surface area contributed by atoms with Crippen molar-refractivity contribution in [2.45, 2.75) is 64.3 Å². The quantitative estimate of drug-likeness (QED) is 0.851. The number of hydrogen-bond acceptors (Lipinski definition) is 4. The van der Waals surface area contributed by atoms with Crippen LogP contribution in [0.5, 0.6) is 0 Å². The molecule has 126 valence electrons. The van der Waals surface area contributed by atoms with Crippen LogP contribution in [0.25, 0.3) is 0 Å². The van der Waals surface area contributed by atoms with Gasteiger partial charge in [-0.05, 0) is 45.2 Å². The first-order valence-corrected chi connectivity index (χ1v) is 8.69. The van der Waals surface area contributed by atoms with Crippen molar-refractivity contribution in [3.8, 4) is 0 Å². The van der Waals surface area contributed by atoms with Crippen molar-refractivity contribution in [1.82, 2.24) is 14.9 Å². The van der Waals surface area contributed by atoms with Crippen LogP contribution < -0.4 is 5.32 Å². The summed E-state index contributed by atoms with van der Waals surface area (Å²) >= 11 is 0. The molecule has 3 heterocycles. The van der Waals surface area contributed by atoms with Gasteiger partial charge >= 0.3 is 0 Å². The van der Waals surface area contributed by atoms with E-state index in [1.165, 1.54) is 0 Å². The van der Waals surface area contributed by atoms with Crippen LogP contribution in [-0.4, -0.2) is 28.2 Å². The first-order chi connectivity index (χ1) is 11.3. The molecule has 23 heavy (non-hydrogen) atoms. The first kappa shape index (κ1) is 16.3. The van der Waals surface area contributed by atoms with Gasteiger partial charge in [-0.25, -0.2) is 4.98 Å². The number of aromatic nitrogens is 2. The average Bonchev–Trinajstić information content (AvgIpc) is 3.24. The number of nitrogens with zero attached hydrogens (tertiary/aromatic N) is 2. The number of rotatable bonds is 7. The van der Waals surface area contributed by atoms with Crippen LogP contribution in [0.2, 0.25) is 0 Å². The number of nitrogens with one attached hydrogen (secondary N) is 1. The largest absolute Gasteiger partial charge is 0.469 e. The van der Waals surface area contributed by atoms with Gasteiger partial charge in [0.15, 0.2) is 0 Å². The highest BCUT2D eigenvalue weighted by atomic mass is 16.5. The van der Waals surface area contributed by atoms with Crippen molar-refractivity contribution < 1.29 is 9.15 Å². The molecule has 2 aromatic rings. The Morgan fingerprint density at radius 1 is 1.48 bits per heavy atom. The molecule has 2 aromatic heterocycles. The molecular formula is C18H27N3O2. The van der Waals surface area contributed by atoms with Crippen LogP contribution in [0.4, 0.5) is 0 Å². The molecule has 0 aliphatic carbocycles. The molecule has 5 heteroatoms. The number of hydrogen-bond donors (Lipinski definition) is 1. The second kappa shape index (κ2) is 7.79. The van der Waals surface area contributed by atoms with Gasteiger partial charge in [0.05, 0.1) is 6.26 Å². The van der Waals surface area contributed by atoms with E-state index in [0.29, 0.717) is 12.1 Å². The molecule has 3 rings (SSSR count). The Kier molecular flexibility index (Phi) is 5.51. The maximum absolute atomic E-state index is 6.06. The third-order valence-corrected chi connectivity index (χ3v) is 4.57. The standard InChI is InChI=1S/C18H27N3O2/c1-3-21-11-10-19-18(21)17-16(7-5-13-23-17)20-14(2)8-9-15-6-4-12-22-15/h4,6,10-12,14,16-17,20H,3,5,7-9,13H2,1-2H3/t14?,16-,17-/m0/s1. The van der Waals surface area contributed by atoms with Gasteiger partial charge in [0.1, 0.15) is 17.7 Å². The predicted molar refractivity (Wildman–Crippen MR) is 89.2 cm³/mol. The Morgan fingerprint density at radius 2 is 2.39 bits per heavy atom. The van der Waals surface area contributed by atoms with Gasteiger partial charge in [0.25, 0.3) is 0 Å². The molecule has 0 bridgehead atoms. The Hall–Kier alpha value is -1.59. The van der Waals surface area contributed by atoms with Crippen molar-refractivity contribution in [3.63, 3.8) is 0 Å². The van der Waals surface area contributed by atoms with Crippen LogP contribution in [0.15, 0.2) is 35.2 Å². The van der Waals surface area contributed by atoms with Crippen LogP contribution in [-0.2, 0) is 17.7 Å². The fourth-order valence-corrected chi connectivity index (χ4v) is 3.31. The maximum atomic E-state index is 6.06. The van der Waals surface area contributed by atoms with E-state index in [9.17, 15) is 0 Å². The number of aryl methyl sites for hydroxylation is 2. The van der Waals surface area contributed by atoms with E-state index in [1.807, 2.05) is 24.5 Å². The minimum absolute atomic E-state index is 0.0461. The van der Waals surface area contributed by atoms with Crippen LogP contribution in [0.1, 0.15) is 50.8 Å². The zero-order valence-corrected chi connectivity index (χ0v) is 14.1. The van der Waals surface area contributed by atoms with E-state index >= 15 is 0 Å². The minimum atomic E-state index is 0.0461. The first-order valence-electron chi connectivity index (χ1n) is 8.69. The molecule has 1 N–H and O–H groups in total. The monoisotopic (exact) mass is 317 g/mol. The van der Waals surface area contributed by atoms with Crippen LogP contribution in [0.3, 0.4) is 0 Å². The van der Waals surface area contributed by atoms with E-state index in [2.05, 4.69) is 28.7 Å². The van der Waals surface area contributed by atoms with Crippen molar-refractivity contribution in [2.24, 2.45) is 0 Å². The number of ether oxygens (including phenoxy) is 1. The summed E-state index contributed by atoms with van der Waals surface area (Å²) in [7, 11) is 0. The molecule has 3 atom stereocenters. The van der Waals surface area contributed by atoms with Gasteiger partial charge in [-0.15, -0.1) is 0 Å². The molecule has 5 nitrogen and oxygen atoms in total. The predicted octanol–water partition coefficient (Wildman–Crippen LogP) is 3.33. The second-order valence-corrected chi connectivity index (χ2v) is 6.30. The lowest BCUT2D eigenvalue weighted by molar-refractivity contribution is -0.0205. The molecule has 0 radical (unpaired) electrons. The summed E-state index contributed by atoms with van der Waals surface area (Å²) in [5, 5.41) is 3.75. The number of imidazole rings is 1. The molecule has 0 aromatic carbocycles. The Morgan fingerprint density at radius 3 is 3.17 bits per heavy atom. The van der Waals surface area contributed by atoms with Crippen LogP contribution >= 0.6 is 0 Å². The molecule has 0 amide bonds. The van der Waals surface area contributed by atoms with Crippen molar-refractivity contribution >= 4 is 0 Å². The van der Waals surface area contributed by atoms with Gasteiger partial charge in [-0.2, -0.15) is 0 Å². The molecule has 1 aliphatic heterocycles. The zero-order chi connectivity index (χ0) is 16.1. The van der Waals surface area contributed by atoms with Gasteiger partial charge in [-0.1, -0.05) is 0 Å². The third-order valence-electron chi connectivity index (χ3n) is 4.57. The van der Waals surface area contributed by atoms with Gasteiger partial charge < -0.3 is 19.0 Å². The van der Waals surface area contributed by atoms with Gasteiger partial charge in [0, 0.05) is 44.0 Å². The summed E-state index contributed by atoms with van der Waals surface area (Å²) in [5.41, 5.74) is 0. The molecule has 0 spiro atoms. The van der Waals surface area contributed by atoms with Crippen molar-refractivity contribution in [3.05, 3.63) is 42.4 Å². The summed E-state index contributed by atoms with van der Waals surface area (Å²) < 4.78 is 13.7. The fourth-order valence-electron chi connectivity index (χ4n) is 3.31. The summed E-state index contributed by atoms with van der Waals surface area (Å²) in [6.45, 7) is 6.12. The molecule has 1 saturated heterocycles. The Bertz CT molecular complexity index is 579. The normalized spacial score (nSPS) is 23.0. The second-order valence-electron chi connectivity index (χ2n) is 6.30. The average molecular weight is 317 g/mol. The Labute approximate surface area is 138 Å². The lowest BCUT2D eigenvalue weighted by Crippen LogP contribution is -2.44. The van der Waals surface area contributed by atoms with E-state index in [4.69, 9.17) is 9.15 Å². The van der Waals surface area contributed by atoms with Crippen molar-refractivity contribution in [2.75, 3.05) is 6.61 Å². The lowest BCUT2D eigenvalue weighted by atomic mass is 9.99. The van der Waals surface area contributed by atoms with E-state index in [1.54, 1.807) is 6.26 Å². The summed E-state index contributed by atoms with van der Waals surface area (Å²) in [5.74, 6) is 2.10. The van der Waals surface area contributed by atoms with E-state index in [-0.39, 0.29) is 6.10 Å². The summed E-state index contributed by atoms with van der Waals surface area (Å²) in [4.78, 5) is 4.54. The summed E-state index contributed by atoms with van der Waals surface area (Å²) in [6, 6.07) is 4.72. The number of furan rings is 1. The molecule has 1 aliphatic rings. The molecule has 0 saturated carbocycles. The highest BCUT2D eigenvalue weighted by molar-refractivity contribution is 5.03. The minimum Gasteiger partial charge on any atom is -0.469 e. The summed E-state index contributed by atoms with van der Waals surface area (Å²) in [6.07, 6.45) is 9.94. The topological polar surface area (TPSA) is 52.2 Å². The maximum Gasteiger partial charge on any atom is 0.139 e. The fraction of sp³-hybridized carbons (Fsp3) is 0.611. The highest BCUT2D eigenvalue weighted by Crippen LogP contribution is 2.28. The molecule has 1 fully saturated rings. The van der Waals surface area contributed by atoms with Gasteiger partial charge in [-0.3, -0.25) is 0 Å². The lowest BCUT2D eigenvalue weighted by Gasteiger charge is -2.34. The van der Waals surface area contributed by atoms with Gasteiger partial charge in [0.2, 0.25) is 0 Å². The Balaban J connectivity index is 1.60. The van der Waals surface area contributed by atoms with Crippen molar-refractivity contribution in [1.29, 1.82) is 0 Å². The SMILES string of the molecule is CCn1ccnc1[C@H]1OCCC[C@@H]1NC(C)CCc1ccco1.